The molecule has 0 radical (unpaired) electrons. The number of benzene rings is 1. The van der Waals surface area contributed by atoms with Gasteiger partial charge in [-0.05, 0) is 44.0 Å². The van der Waals surface area contributed by atoms with Gasteiger partial charge in [0.2, 0.25) is 0 Å². The Balaban J connectivity index is 2.51. The number of hydrogen-bond donors (Lipinski definition) is 2. The maximum absolute atomic E-state index is 12.1. The fourth-order valence-corrected chi connectivity index (χ4v) is 2.97. The highest BCUT2D eigenvalue weighted by Gasteiger charge is 2.14. The molecule has 0 aliphatic carbocycles. The zero-order valence-electron chi connectivity index (χ0n) is 11.5. The highest BCUT2D eigenvalue weighted by atomic mass is 32.2. The predicted molar refractivity (Wildman–Crippen MR) is 77.0 cm³/mol. The highest BCUT2D eigenvalue weighted by Crippen LogP contribution is 2.11. The Labute approximate surface area is 120 Å². The number of aliphatic hydroxyl groups excluding tert-OH is 1. The van der Waals surface area contributed by atoms with Crippen molar-refractivity contribution in [1.82, 2.24) is 5.32 Å². The summed E-state index contributed by atoms with van der Waals surface area (Å²) in [6.45, 7) is 2.48. The molecule has 0 aromatic heterocycles. The molecule has 1 aromatic rings. The Kier molecular flexibility index (Phi) is 6.65. The van der Waals surface area contributed by atoms with E-state index >= 15 is 0 Å². The molecular weight excluding hydrogens is 276 g/mol. The van der Waals surface area contributed by atoms with Gasteiger partial charge in [-0.15, -0.1) is 0 Å². The van der Waals surface area contributed by atoms with Gasteiger partial charge in [-0.2, -0.15) is 5.26 Å². The van der Waals surface area contributed by atoms with E-state index in [1.807, 2.05) is 13.0 Å². The molecule has 1 atom stereocenters. The lowest BCUT2D eigenvalue weighted by atomic mass is 10.2. The molecular formula is C14H20N2O3S. The summed E-state index contributed by atoms with van der Waals surface area (Å²) in [5, 5.41) is 20.5. The van der Waals surface area contributed by atoms with Crippen molar-refractivity contribution in [2.45, 2.75) is 30.7 Å². The van der Waals surface area contributed by atoms with Crippen molar-refractivity contribution in [1.29, 1.82) is 5.26 Å². The van der Waals surface area contributed by atoms with Crippen molar-refractivity contribution < 1.29 is 13.5 Å². The lowest BCUT2D eigenvalue weighted by molar-refractivity contribution is 0.277. The van der Waals surface area contributed by atoms with Gasteiger partial charge in [-0.1, -0.05) is 0 Å². The van der Waals surface area contributed by atoms with E-state index in [-0.39, 0.29) is 23.3 Å². The zero-order chi connectivity index (χ0) is 15.0. The number of sulfone groups is 1. The molecule has 1 unspecified atom stereocenters. The Bertz CT molecular complexity index is 547. The van der Waals surface area contributed by atoms with Crippen molar-refractivity contribution in [3.8, 4) is 6.07 Å². The number of nitriles is 1. The average Bonchev–Trinajstić information content (AvgIpc) is 2.45. The molecule has 0 saturated heterocycles. The molecule has 0 amide bonds. The first-order chi connectivity index (χ1) is 9.49. The van der Waals surface area contributed by atoms with Crippen LogP contribution < -0.4 is 5.32 Å². The first-order valence-corrected chi connectivity index (χ1v) is 8.22. The average molecular weight is 296 g/mol. The van der Waals surface area contributed by atoms with Gasteiger partial charge >= 0.3 is 0 Å². The van der Waals surface area contributed by atoms with Gasteiger partial charge in [0.15, 0.2) is 9.84 Å². The summed E-state index contributed by atoms with van der Waals surface area (Å²) in [5.41, 5.74) is 0.444. The Morgan fingerprint density at radius 2 is 2.00 bits per heavy atom. The predicted octanol–water partition coefficient (Wildman–Crippen LogP) is 1.08. The van der Waals surface area contributed by atoms with Crippen LogP contribution in [0.3, 0.4) is 0 Å². The van der Waals surface area contributed by atoms with Crippen molar-refractivity contribution in [3.63, 3.8) is 0 Å². The quantitative estimate of drug-likeness (QED) is 0.749. The van der Waals surface area contributed by atoms with E-state index in [1.54, 1.807) is 0 Å². The molecule has 5 nitrogen and oxygen atoms in total. The number of nitrogens with one attached hydrogen (secondary N) is 1. The number of nitrogens with zero attached hydrogens (tertiary/aromatic N) is 1. The third-order valence-corrected chi connectivity index (χ3v) is 4.73. The van der Waals surface area contributed by atoms with E-state index in [2.05, 4.69) is 5.32 Å². The van der Waals surface area contributed by atoms with Crippen LogP contribution in [-0.2, 0) is 9.84 Å². The van der Waals surface area contributed by atoms with E-state index in [1.165, 1.54) is 24.3 Å². The minimum Gasteiger partial charge on any atom is -0.396 e. The summed E-state index contributed by atoms with van der Waals surface area (Å²) in [4.78, 5) is 0.237. The monoisotopic (exact) mass is 296 g/mol. The molecule has 20 heavy (non-hydrogen) atoms. The molecule has 0 fully saturated rings. The molecule has 0 bridgehead atoms. The Hall–Kier alpha value is -1.42. The summed E-state index contributed by atoms with van der Waals surface area (Å²) < 4.78 is 24.1. The summed E-state index contributed by atoms with van der Waals surface area (Å²) in [7, 11) is -3.32. The highest BCUT2D eigenvalue weighted by molar-refractivity contribution is 7.91. The van der Waals surface area contributed by atoms with E-state index < -0.39 is 9.84 Å². The summed E-state index contributed by atoms with van der Waals surface area (Å²) in [5.74, 6) is 0.0162. The van der Waals surface area contributed by atoms with Crippen LogP contribution in [0.25, 0.3) is 0 Å². The van der Waals surface area contributed by atoms with E-state index in [9.17, 15) is 8.42 Å². The normalized spacial score (nSPS) is 12.8. The lowest BCUT2D eigenvalue weighted by Gasteiger charge is -2.13. The second-order valence-corrected chi connectivity index (χ2v) is 6.79. The third kappa shape index (κ3) is 5.29. The summed E-state index contributed by atoms with van der Waals surface area (Å²) in [6.07, 6.45) is 1.52. The topological polar surface area (TPSA) is 90.2 Å². The van der Waals surface area contributed by atoms with Crippen LogP contribution >= 0.6 is 0 Å². The molecule has 2 N–H and O–H groups in total. The molecule has 110 valence electrons. The maximum atomic E-state index is 12.1. The molecule has 1 aromatic carbocycles. The SMILES string of the molecule is CC(CCCO)NCCS(=O)(=O)c1ccc(C#N)cc1. The van der Waals surface area contributed by atoms with Crippen molar-refractivity contribution >= 4 is 9.84 Å². The van der Waals surface area contributed by atoms with E-state index in [4.69, 9.17) is 10.4 Å². The first kappa shape index (κ1) is 16.6. The van der Waals surface area contributed by atoms with Gasteiger partial charge in [0.25, 0.3) is 0 Å². The van der Waals surface area contributed by atoms with Crippen molar-refractivity contribution in [2.75, 3.05) is 18.9 Å². The largest absolute Gasteiger partial charge is 0.396 e. The molecule has 0 aliphatic rings. The van der Waals surface area contributed by atoms with Gasteiger partial charge in [0, 0.05) is 19.2 Å². The van der Waals surface area contributed by atoms with Crippen LogP contribution in [0.15, 0.2) is 29.2 Å². The van der Waals surface area contributed by atoms with Crippen LogP contribution in [0.2, 0.25) is 0 Å². The van der Waals surface area contributed by atoms with E-state index in [0.717, 1.165) is 6.42 Å². The van der Waals surface area contributed by atoms with Gasteiger partial charge in [-0.3, -0.25) is 0 Å². The van der Waals surface area contributed by atoms with Crippen molar-refractivity contribution in [2.24, 2.45) is 0 Å². The number of hydrogen-bond acceptors (Lipinski definition) is 5. The Morgan fingerprint density at radius 1 is 1.35 bits per heavy atom. The molecule has 0 saturated carbocycles. The van der Waals surface area contributed by atoms with E-state index in [0.29, 0.717) is 18.5 Å². The molecule has 1 rings (SSSR count). The van der Waals surface area contributed by atoms with Gasteiger partial charge in [0.05, 0.1) is 22.3 Å². The van der Waals surface area contributed by atoms with Crippen LogP contribution in [0.5, 0.6) is 0 Å². The first-order valence-electron chi connectivity index (χ1n) is 6.57. The summed E-state index contributed by atoms with van der Waals surface area (Å²) >= 11 is 0. The van der Waals surface area contributed by atoms with Gasteiger partial charge < -0.3 is 10.4 Å². The molecule has 0 heterocycles. The van der Waals surface area contributed by atoms with Gasteiger partial charge in [0.1, 0.15) is 0 Å². The maximum Gasteiger partial charge on any atom is 0.179 e. The van der Waals surface area contributed by atoms with Crippen LogP contribution in [0.4, 0.5) is 0 Å². The smallest absolute Gasteiger partial charge is 0.179 e. The second kappa shape index (κ2) is 8.00. The van der Waals surface area contributed by atoms with Crippen LogP contribution in [0.1, 0.15) is 25.3 Å². The summed E-state index contributed by atoms with van der Waals surface area (Å²) in [6, 6.07) is 8.07. The standard InChI is InChI=1S/C14H20N2O3S/c1-12(3-2-9-17)16-8-10-20(18,19)14-6-4-13(11-15)5-7-14/h4-7,12,16-17H,2-3,8-10H2,1H3. The third-order valence-electron chi connectivity index (χ3n) is 3.00. The molecule has 6 heteroatoms. The lowest BCUT2D eigenvalue weighted by Crippen LogP contribution is -2.31. The Morgan fingerprint density at radius 3 is 2.55 bits per heavy atom. The number of rotatable bonds is 8. The zero-order valence-corrected chi connectivity index (χ0v) is 12.4. The van der Waals surface area contributed by atoms with Crippen molar-refractivity contribution in [3.05, 3.63) is 29.8 Å². The minimum absolute atomic E-state index is 0.0162. The second-order valence-electron chi connectivity index (χ2n) is 4.68. The minimum atomic E-state index is -3.32. The van der Waals surface area contributed by atoms with Crippen LogP contribution in [0, 0.1) is 11.3 Å². The fourth-order valence-electron chi connectivity index (χ4n) is 1.79. The molecule has 0 aliphatic heterocycles. The van der Waals surface area contributed by atoms with Crippen LogP contribution in [-0.4, -0.2) is 38.5 Å². The number of aliphatic hydroxyl groups is 1. The fraction of sp³-hybridized carbons (Fsp3) is 0.500. The molecule has 0 spiro atoms. The van der Waals surface area contributed by atoms with Gasteiger partial charge in [-0.25, -0.2) is 8.42 Å².